The lowest BCUT2D eigenvalue weighted by atomic mass is 10.1. The molecule has 0 saturated carbocycles. The van der Waals surface area contributed by atoms with Crippen LogP contribution < -0.4 is 0 Å². The molecular weight excluding hydrogens is 148 g/mol. The average molecular weight is 162 g/mol. The largest absolute Gasteiger partial charge is 0.501 e. The maximum atomic E-state index is 5.15. The minimum atomic E-state index is 0.973. The molecule has 0 bridgehead atoms. The van der Waals surface area contributed by atoms with Crippen LogP contribution in [0.1, 0.15) is 19.4 Å². The Hall–Kier alpha value is -1.24. The molecule has 64 valence electrons. The molecule has 0 unspecified atom stereocenters. The van der Waals surface area contributed by atoms with Crippen LogP contribution in [-0.2, 0) is 4.74 Å². The van der Waals surface area contributed by atoms with Crippen molar-refractivity contribution < 1.29 is 4.74 Å². The van der Waals surface area contributed by atoms with Crippen LogP contribution in [0.15, 0.2) is 36.1 Å². The van der Waals surface area contributed by atoms with E-state index < -0.39 is 0 Å². The molecule has 0 aromatic heterocycles. The fraction of sp³-hybridized carbons (Fsp3) is 0.273. The van der Waals surface area contributed by atoms with Gasteiger partial charge in [0, 0.05) is 0 Å². The highest BCUT2D eigenvalue weighted by molar-refractivity contribution is 5.64. The van der Waals surface area contributed by atoms with E-state index in [1.165, 1.54) is 11.1 Å². The van der Waals surface area contributed by atoms with E-state index in [4.69, 9.17) is 4.74 Å². The Morgan fingerprint density at radius 1 is 1.08 bits per heavy atom. The molecule has 0 saturated heterocycles. The van der Waals surface area contributed by atoms with E-state index in [1.807, 2.05) is 25.1 Å². The normalized spacial score (nSPS) is 12.2. The third kappa shape index (κ3) is 1.88. The molecule has 1 rings (SSSR count). The van der Waals surface area contributed by atoms with Gasteiger partial charge in [0.05, 0.1) is 12.9 Å². The van der Waals surface area contributed by atoms with Gasteiger partial charge < -0.3 is 4.74 Å². The Balaban J connectivity index is 3.00. The summed E-state index contributed by atoms with van der Waals surface area (Å²) in [5, 5.41) is 0. The molecule has 0 spiro atoms. The van der Waals surface area contributed by atoms with Gasteiger partial charge in [-0.2, -0.15) is 0 Å². The smallest absolute Gasteiger partial charge is 0.0959 e. The molecule has 0 aliphatic rings. The minimum absolute atomic E-state index is 0.973. The second kappa shape index (κ2) is 3.96. The highest BCUT2D eigenvalue weighted by Gasteiger charge is 1.98. The van der Waals surface area contributed by atoms with Crippen molar-refractivity contribution in [3.8, 4) is 0 Å². The van der Waals surface area contributed by atoms with Crippen molar-refractivity contribution in [3.63, 3.8) is 0 Å². The van der Waals surface area contributed by atoms with Crippen LogP contribution in [0, 0.1) is 0 Å². The Morgan fingerprint density at radius 2 is 1.67 bits per heavy atom. The van der Waals surface area contributed by atoms with Crippen LogP contribution in [0.25, 0.3) is 5.57 Å². The molecule has 0 aliphatic carbocycles. The fourth-order valence-corrected chi connectivity index (χ4v) is 1.04. The summed E-state index contributed by atoms with van der Waals surface area (Å²) in [4.78, 5) is 0. The van der Waals surface area contributed by atoms with E-state index in [-0.39, 0.29) is 0 Å². The summed E-state index contributed by atoms with van der Waals surface area (Å²) in [6.45, 7) is 4.04. The number of hydrogen-bond donors (Lipinski definition) is 0. The van der Waals surface area contributed by atoms with Crippen LogP contribution in [0.4, 0.5) is 0 Å². The maximum absolute atomic E-state index is 5.15. The lowest BCUT2D eigenvalue weighted by Gasteiger charge is -2.05. The van der Waals surface area contributed by atoms with Gasteiger partial charge in [0.15, 0.2) is 0 Å². The molecule has 0 heterocycles. The number of benzene rings is 1. The van der Waals surface area contributed by atoms with E-state index in [0.29, 0.717) is 0 Å². The van der Waals surface area contributed by atoms with Crippen molar-refractivity contribution in [2.45, 2.75) is 13.8 Å². The third-order valence-corrected chi connectivity index (χ3v) is 2.04. The molecule has 0 fully saturated rings. The molecule has 1 aromatic carbocycles. The fourth-order valence-electron chi connectivity index (χ4n) is 1.04. The second-order valence-corrected chi connectivity index (χ2v) is 2.75. The lowest BCUT2D eigenvalue weighted by molar-refractivity contribution is 0.295. The van der Waals surface area contributed by atoms with E-state index in [0.717, 1.165) is 5.76 Å². The van der Waals surface area contributed by atoms with E-state index >= 15 is 0 Å². The van der Waals surface area contributed by atoms with Gasteiger partial charge in [-0.15, -0.1) is 0 Å². The van der Waals surface area contributed by atoms with Crippen LogP contribution in [0.5, 0.6) is 0 Å². The van der Waals surface area contributed by atoms with Crippen LogP contribution >= 0.6 is 0 Å². The number of rotatable bonds is 2. The Kier molecular flexibility index (Phi) is 2.92. The SMILES string of the molecule is CO/C(C)=C(\C)c1ccccc1. The summed E-state index contributed by atoms with van der Waals surface area (Å²) in [5.41, 5.74) is 2.41. The quantitative estimate of drug-likeness (QED) is 0.607. The molecule has 0 atom stereocenters. The summed E-state index contributed by atoms with van der Waals surface area (Å²) in [5.74, 6) is 0.973. The van der Waals surface area contributed by atoms with Gasteiger partial charge in [-0.05, 0) is 25.0 Å². The van der Waals surface area contributed by atoms with Crippen LogP contribution in [-0.4, -0.2) is 7.11 Å². The Labute approximate surface area is 73.7 Å². The topological polar surface area (TPSA) is 9.23 Å². The zero-order valence-corrected chi connectivity index (χ0v) is 7.79. The van der Waals surface area contributed by atoms with Crippen molar-refractivity contribution in [2.75, 3.05) is 7.11 Å². The molecule has 0 N–H and O–H groups in total. The molecular formula is C11H14O. The van der Waals surface area contributed by atoms with E-state index in [2.05, 4.69) is 19.1 Å². The Morgan fingerprint density at radius 3 is 2.17 bits per heavy atom. The average Bonchev–Trinajstić information content (AvgIpc) is 2.17. The molecule has 1 heteroatoms. The highest BCUT2D eigenvalue weighted by atomic mass is 16.5. The van der Waals surface area contributed by atoms with Gasteiger partial charge in [0.2, 0.25) is 0 Å². The number of methoxy groups -OCH3 is 1. The molecule has 1 aromatic rings. The van der Waals surface area contributed by atoms with Gasteiger partial charge in [-0.3, -0.25) is 0 Å². The van der Waals surface area contributed by atoms with Gasteiger partial charge in [0.25, 0.3) is 0 Å². The van der Waals surface area contributed by atoms with Crippen molar-refractivity contribution in [1.29, 1.82) is 0 Å². The standard InChI is InChI=1S/C11H14O/c1-9(10(2)12-3)11-7-5-4-6-8-11/h4-8H,1-3H3/b10-9+. The van der Waals surface area contributed by atoms with E-state index in [9.17, 15) is 0 Å². The van der Waals surface area contributed by atoms with E-state index in [1.54, 1.807) is 7.11 Å². The van der Waals surface area contributed by atoms with Crippen LogP contribution in [0.3, 0.4) is 0 Å². The highest BCUT2D eigenvalue weighted by Crippen LogP contribution is 2.17. The first kappa shape index (κ1) is 8.85. The first-order valence-corrected chi connectivity index (χ1v) is 4.02. The second-order valence-electron chi connectivity index (χ2n) is 2.75. The Bertz CT molecular complexity index is 272. The molecule has 0 amide bonds. The zero-order valence-electron chi connectivity index (χ0n) is 7.79. The molecule has 0 aliphatic heterocycles. The first-order chi connectivity index (χ1) is 5.75. The maximum Gasteiger partial charge on any atom is 0.0959 e. The summed E-state index contributed by atoms with van der Waals surface area (Å²) >= 11 is 0. The predicted octanol–water partition coefficient (Wildman–Crippen LogP) is 3.08. The molecule has 0 radical (unpaired) electrons. The first-order valence-electron chi connectivity index (χ1n) is 4.02. The monoisotopic (exact) mass is 162 g/mol. The minimum Gasteiger partial charge on any atom is -0.501 e. The van der Waals surface area contributed by atoms with Crippen molar-refractivity contribution in [1.82, 2.24) is 0 Å². The van der Waals surface area contributed by atoms with Gasteiger partial charge in [0.1, 0.15) is 0 Å². The zero-order chi connectivity index (χ0) is 8.97. The summed E-state index contributed by atoms with van der Waals surface area (Å²) in [7, 11) is 1.70. The molecule has 1 nitrogen and oxygen atoms in total. The summed E-state index contributed by atoms with van der Waals surface area (Å²) in [6, 6.07) is 10.2. The van der Waals surface area contributed by atoms with Crippen LogP contribution in [0.2, 0.25) is 0 Å². The van der Waals surface area contributed by atoms with Gasteiger partial charge in [-0.25, -0.2) is 0 Å². The summed E-state index contributed by atoms with van der Waals surface area (Å²) < 4.78 is 5.15. The van der Waals surface area contributed by atoms with Gasteiger partial charge >= 0.3 is 0 Å². The van der Waals surface area contributed by atoms with Crippen molar-refractivity contribution >= 4 is 5.57 Å². The number of hydrogen-bond acceptors (Lipinski definition) is 1. The third-order valence-electron chi connectivity index (χ3n) is 2.04. The van der Waals surface area contributed by atoms with Crippen molar-refractivity contribution in [3.05, 3.63) is 41.7 Å². The number of ether oxygens (including phenoxy) is 1. The number of allylic oxidation sites excluding steroid dienone is 2. The van der Waals surface area contributed by atoms with Crippen molar-refractivity contribution in [2.24, 2.45) is 0 Å². The molecule has 12 heavy (non-hydrogen) atoms. The predicted molar refractivity (Wildman–Crippen MR) is 51.7 cm³/mol. The van der Waals surface area contributed by atoms with Gasteiger partial charge in [-0.1, -0.05) is 30.3 Å². The lowest BCUT2D eigenvalue weighted by Crippen LogP contribution is -1.86. The summed E-state index contributed by atoms with van der Waals surface area (Å²) in [6.07, 6.45) is 0.